The zero-order valence-electron chi connectivity index (χ0n) is 9.94. The van der Waals surface area contributed by atoms with Crippen molar-refractivity contribution in [2.45, 2.75) is 6.92 Å². The van der Waals surface area contributed by atoms with Gasteiger partial charge in [-0.2, -0.15) is 0 Å². The molecule has 2 nitrogen and oxygen atoms in total. The fourth-order valence-electron chi connectivity index (χ4n) is 1.77. The summed E-state index contributed by atoms with van der Waals surface area (Å²) < 4.78 is 13.2. The largest absolute Gasteiger partial charge is 0.397 e. The molecule has 2 aromatic rings. The van der Waals surface area contributed by atoms with E-state index in [9.17, 15) is 4.39 Å². The van der Waals surface area contributed by atoms with Crippen LogP contribution in [0.25, 0.3) is 0 Å². The predicted molar refractivity (Wildman–Crippen MR) is 70.1 cm³/mol. The molecule has 2 rings (SSSR count). The van der Waals surface area contributed by atoms with Crippen molar-refractivity contribution >= 4 is 17.1 Å². The van der Waals surface area contributed by atoms with E-state index in [1.807, 2.05) is 43.1 Å². The van der Waals surface area contributed by atoms with E-state index in [0.717, 1.165) is 16.9 Å². The topological polar surface area (TPSA) is 29.3 Å². The number of benzene rings is 2. The van der Waals surface area contributed by atoms with Crippen molar-refractivity contribution in [2.24, 2.45) is 0 Å². The summed E-state index contributed by atoms with van der Waals surface area (Å²) in [5.74, 6) is -0.249. The minimum absolute atomic E-state index is 0.249. The minimum atomic E-state index is -0.249. The van der Waals surface area contributed by atoms with Gasteiger partial charge in [0, 0.05) is 12.7 Å². The highest BCUT2D eigenvalue weighted by molar-refractivity contribution is 5.74. The van der Waals surface area contributed by atoms with Crippen LogP contribution in [0.15, 0.2) is 42.5 Å². The summed E-state index contributed by atoms with van der Waals surface area (Å²) in [7, 11) is 1.87. The van der Waals surface area contributed by atoms with Crippen LogP contribution in [0.1, 0.15) is 5.56 Å². The van der Waals surface area contributed by atoms with Gasteiger partial charge in [-0.25, -0.2) is 4.39 Å². The molecule has 0 bridgehead atoms. The molecule has 0 heterocycles. The monoisotopic (exact) mass is 230 g/mol. The predicted octanol–water partition coefficient (Wildman–Crippen LogP) is 3.48. The SMILES string of the molecule is Cc1ccc(N)c(N(C)c2cccc(F)c2)c1. The van der Waals surface area contributed by atoms with Gasteiger partial charge >= 0.3 is 0 Å². The maximum absolute atomic E-state index is 13.2. The molecule has 0 fully saturated rings. The van der Waals surface area contributed by atoms with Crippen molar-refractivity contribution in [1.82, 2.24) is 0 Å². The Morgan fingerprint density at radius 3 is 2.59 bits per heavy atom. The van der Waals surface area contributed by atoms with Gasteiger partial charge in [-0.3, -0.25) is 0 Å². The van der Waals surface area contributed by atoms with Crippen LogP contribution in [0.2, 0.25) is 0 Å². The minimum Gasteiger partial charge on any atom is -0.397 e. The zero-order valence-corrected chi connectivity index (χ0v) is 9.94. The molecule has 2 aromatic carbocycles. The van der Waals surface area contributed by atoms with Crippen molar-refractivity contribution < 1.29 is 4.39 Å². The number of nitrogen functional groups attached to an aromatic ring is 1. The van der Waals surface area contributed by atoms with Gasteiger partial charge in [0.2, 0.25) is 0 Å². The molecule has 3 heteroatoms. The lowest BCUT2D eigenvalue weighted by atomic mass is 10.1. The Hall–Kier alpha value is -2.03. The first-order valence-electron chi connectivity index (χ1n) is 5.43. The first-order valence-corrected chi connectivity index (χ1v) is 5.43. The number of halogens is 1. The Morgan fingerprint density at radius 1 is 1.12 bits per heavy atom. The molecule has 0 radical (unpaired) electrons. The maximum Gasteiger partial charge on any atom is 0.125 e. The van der Waals surface area contributed by atoms with E-state index in [0.29, 0.717) is 5.69 Å². The standard InChI is InChI=1S/C14H15FN2/c1-10-6-7-13(16)14(8-10)17(2)12-5-3-4-11(15)9-12/h3-9H,16H2,1-2H3. The van der Waals surface area contributed by atoms with Crippen molar-refractivity contribution in [1.29, 1.82) is 0 Å². The number of rotatable bonds is 2. The van der Waals surface area contributed by atoms with Crippen molar-refractivity contribution in [3.63, 3.8) is 0 Å². The molecule has 0 aliphatic rings. The Morgan fingerprint density at radius 2 is 1.88 bits per heavy atom. The molecule has 0 aliphatic heterocycles. The highest BCUT2D eigenvalue weighted by atomic mass is 19.1. The van der Waals surface area contributed by atoms with Crippen LogP contribution < -0.4 is 10.6 Å². The van der Waals surface area contributed by atoms with Gasteiger partial charge in [0.05, 0.1) is 11.4 Å². The summed E-state index contributed by atoms with van der Waals surface area (Å²) in [5.41, 5.74) is 9.40. The normalized spacial score (nSPS) is 10.3. The van der Waals surface area contributed by atoms with Gasteiger partial charge < -0.3 is 10.6 Å². The molecule has 0 amide bonds. The second kappa shape index (κ2) is 4.45. The van der Waals surface area contributed by atoms with E-state index in [2.05, 4.69) is 0 Å². The van der Waals surface area contributed by atoms with Gasteiger partial charge in [0.25, 0.3) is 0 Å². The average Bonchev–Trinajstić information content (AvgIpc) is 2.31. The summed E-state index contributed by atoms with van der Waals surface area (Å²) in [6.45, 7) is 2.00. The van der Waals surface area contributed by atoms with E-state index in [1.54, 1.807) is 6.07 Å². The van der Waals surface area contributed by atoms with Gasteiger partial charge in [0.15, 0.2) is 0 Å². The number of aryl methyl sites for hydroxylation is 1. The molecular formula is C14H15FN2. The summed E-state index contributed by atoms with van der Waals surface area (Å²) in [6, 6.07) is 12.3. The lowest BCUT2D eigenvalue weighted by molar-refractivity contribution is 0.628. The van der Waals surface area contributed by atoms with Crippen LogP contribution in [0.3, 0.4) is 0 Å². The average molecular weight is 230 g/mol. The summed E-state index contributed by atoms with van der Waals surface area (Å²) in [5, 5.41) is 0. The lowest BCUT2D eigenvalue weighted by Gasteiger charge is -2.21. The number of nitrogens with two attached hydrogens (primary N) is 1. The summed E-state index contributed by atoms with van der Waals surface area (Å²) in [6.07, 6.45) is 0. The number of hydrogen-bond donors (Lipinski definition) is 1. The third kappa shape index (κ3) is 2.38. The van der Waals surface area contributed by atoms with Crippen LogP contribution in [-0.4, -0.2) is 7.05 Å². The van der Waals surface area contributed by atoms with Gasteiger partial charge in [-0.1, -0.05) is 12.1 Å². The van der Waals surface area contributed by atoms with Crippen molar-refractivity contribution in [3.05, 3.63) is 53.8 Å². The van der Waals surface area contributed by atoms with Crippen LogP contribution in [0.5, 0.6) is 0 Å². The van der Waals surface area contributed by atoms with Crippen molar-refractivity contribution in [2.75, 3.05) is 17.7 Å². The number of nitrogens with zero attached hydrogens (tertiary/aromatic N) is 1. The quantitative estimate of drug-likeness (QED) is 0.800. The smallest absolute Gasteiger partial charge is 0.125 e. The molecule has 0 aliphatic carbocycles. The first-order chi connectivity index (χ1) is 8.08. The van der Waals surface area contributed by atoms with Gasteiger partial charge in [-0.15, -0.1) is 0 Å². The molecule has 2 N–H and O–H groups in total. The highest BCUT2D eigenvalue weighted by Gasteiger charge is 2.08. The van der Waals surface area contributed by atoms with Gasteiger partial charge in [0.1, 0.15) is 5.82 Å². The van der Waals surface area contributed by atoms with E-state index in [1.165, 1.54) is 12.1 Å². The summed E-state index contributed by atoms with van der Waals surface area (Å²) >= 11 is 0. The van der Waals surface area contributed by atoms with Crippen LogP contribution in [-0.2, 0) is 0 Å². The molecule has 0 unspecified atom stereocenters. The molecule has 0 aromatic heterocycles. The van der Waals surface area contributed by atoms with E-state index in [4.69, 9.17) is 5.73 Å². The Bertz CT molecular complexity index is 537. The second-order valence-electron chi connectivity index (χ2n) is 4.10. The maximum atomic E-state index is 13.2. The first kappa shape index (κ1) is 11.5. The van der Waals surface area contributed by atoms with E-state index >= 15 is 0 Å². The highest BCUT2D eigenvalue weighted by Crippen LogP contribution is 2.29. The zero-order chi connectivity index (χ0) is 12.4. The Kier molecular flexibility index (Phi) is 3.00. The third-order valence-electron chi connectivity index (χ3n) is 2.74. The van der Waals surface area contributed by atoms with Crippen molar-refractivity contribution in [3.8, 4) is 0 Å². The fraction of sp³-hybridized carbons (Fsp3) is 0.143. The van der Waals surface area contributed by atoms with Crippen LogP contribution in [0, 0.1) is 12.7 Å². The molecule has 0 spiro atoms. The van der Waals surface area contributed by atoms with Crippen LogP contribution >= 0.6 is 0 Å². The van der Waals surface area contributed by atoms with Gasteiger partial charge in [-0.05, 0) is 42.8 Å². The third-order valence-corrected chi connectivity index (χ3v) is 2.74. The second-order valence-corrected chi connectivity index (χ2v) is 4.10. The number of hydrogen-bond acceptors (Lipinski definition) is 2. The Balaban J connectivity index is 2.43. The molecule has 88 valence electrons. The van der Waals surface area contributed by atoms with E-state index < -0.39 is 0 Å². The molecule has 0 saturated heterocycles. The molecule has 0 saturated carbocycles. The molecule has 17 heavy (non-hydrogen) atoms. The fourth-order valence-corrected chi connectivity index (χ4v) is 1.77. The number of anilines is 3. The lowest BCUT2D eigenvalue weighted by Crippen LogP contribution is -2.11. The Labute approximate surface area is 100 Å². The van der Waals surface area contributed by atoms with E-state index in [-0.39, 0.29) is 5.82 Å². The van der Waals surface area contributed by atoms with Crippen LogP contribution in [0.4, 0.5) is 21.5 Å². The summed E-state index contributed by atoms with van der Waals surface area (Å²) in [4.78, 5) is 1.88. The molecular weight excluding hydrogens is 215 g/mol. The molecule has 0 atom stereocenters.